The van der Waals surface area contributed by atoms with Gasteiger partial charge in [0.2, 0.25) is 0 Å². The highest BCUT2D eigenvalue weighted by atomic mass is 35.5. The van der Waals surface area contributed by atoms with Crippen molar-refractivity contribution in [2.45, 2.75) is 32.7 Å². The average molecular weight is 253 g/mol. The van der Waals surface area contributed by atoms with Gasteiger partial charge in [-0.1, -0.05) is 25.4 Å². The van der Waals surface area contributed by atoms with Crippen LogP contribution in [0.5, 0.6) is 0 Å². The molecule has 0 spiro atoms. The number of carbonyl (C=O) groups is 1. The van der Waals surface area contributed by atoms with E-state index < -0.39 is 0 Å². The van der Waals surface area contributed by atoms with E-state index in [1.807, 2.05) is 0 Å². The number of pyridine rings is 1. The molecule has 0 saturated heterocycles. The lowest BCUT2D eigenvalue weighted by molar-refractivity contribution is 0.0927. The van der Waals surface area contributed by atoms with Crippen molar-refractivity contribution in [1.29, 1.82) is 0 Å². The van der Waals surface area contributed by atoms with Crippen LogP contribution in [0.15, 0.2) is 18.3 Å². The quantitative estimate of drug-likeness (QED) is 0.823. The lowest BCUT2D eigenvalue weighted by atomic mass is 9.97. The molecule has 1 aromatic heterocycles. The van der Waals surface area contributed by atoms with Crippen LogP contribution in [0, 0.1) is 11.8 Å². The molecule has 0 aromatic carbocycles. The summed E-state index contributed by atoms with van der Waals surface area (Å²) < 4.78 is 0. The largest absolute Gasteiger partial charge is 0.349 e. The molecule has 3 nitrogen and oxygen atoms in total. The zero-order valence-electron chi connectivity index (χ0n) is 10.1. The molecule has 1 aliphatic rings. The van der Waals surface area contributed by atoms with Crippen LogP contribution >= 0.6 is 11.6 Å². The summed E-state index contributed by atoms with van der Waals surface area (Å²) in [7, 11) is 0. The van der Waals surface area contributed by atoms with E-state index in [-0.39, 0.29) is 11.9 Å². The number of hydrogen-bond acceptors (Lipinski definition) is 2. The minimum absolute atomic E-state index is 0.0554. The number of nitrogens with one attached hydrogen (secondary N) is 1. The fourth-order valence-corrected chi connectivity index (χ4v) is 2.44. The lowest BCUT2D eigenvalue weighted by Crippen LogP contribution is -2.37. The first-order valence-corrected chi connectivity index (χ1v) is 6.38. The fraction of sp³-hybridized carbons (Fsp3) is 0.538. The van der Waals surface area contributed by atoms with Gasteiger partial charge in [0.25, 0.3) is 5.91 Å². The Morgan fingerprint density at radius 2 is 2.18 bits per heavy atom. The first-order chi connectivity index (χ1) is 8.08. The van der Waals surface area contributed by atoms with Crippen LogP contribution < -0.4 is 5.32 Å². The molecule has 3 atom stereocenters. The Morgan fingerprint density at radius 3 is 2.71 bits per heavy atom. The second-order valence-electron chi connectivity index (χ2n) is 4.86. The molecule has 17 heavy (non-hydrogen) atoms. The van der Waals surface area contributed by atoms with E-state index in [1.165, 1.54) is 12.6 Å². The molecule has 0 aliphatic heterocycles. The van der Waals surface area contributed by atoms with Crippen LogP contribution in [-0.2, 0) is 0 Å². The highest BCUT2D eigenvalue weighted by molar-refractivity contribution is 6.29. The van der Waals surface area contributed by atoms with Crippen molar-refractivity contribution in [2.75, 3.05) is 0 Å². The molecule has 1 aromatic rings. The highest BCUT2D eigenvalue weighted by Crippen LogP contribution is 2.31. The Bertz CT molecular complexity index is 404. The normalized spacial score (nSPS) is 28.1. The van der Waals surface area contributed by atoms with Crippen LogP contribution in [0.1, 0.15) is 37.0 Å². The summed E-state index contributed by atoms with van der Waals surface area (Å²) in [6, 6.07) is 3.62. The highest BCUT2D eigenvalue weighted by Gasteiger charge is 2.30. The van der Waals surface area contributed by atoms with E-state index in [0.717, 1.165) is 6.42 Å². The van der Waals surface area contributed by atoms with E-state index in [2.05, 4.69) is 24.1 Å². The zero-order valence-corrected chi connectivity index (χ0v) is 10.9. The predicted octanol–water partition coefficient (Wildman–Crippen LogP) is 2.90. The van der Waals surface area contributed by atoms with Gasteiger partial charge < -0.3 is 5.32 Å². The van der Waals surface area contributed by atoms with Crippen LogP contribution in [-0.4, -0.2) is 16.9 Å². The minimum atomic E-state index is -0.0554. The SMILES string of the molecule is CC1CCC(NC(=O)c2ccc(Cl)nc2)C1C. The molecule has 0 radical (unpaired) electrons. The van der Waals surface area contributed by atoms with Gasteiger partial charge in [0.05, 0.1) is 5.56 Å². The monoisotopic (exact) mass is 252 g/mol. The summed E-state index contributed by atoms with van der Waals surface area (Å²) in [6.07, 6.45) is 3.76. The average Bonchev–Trinajstić information content (AvgIpc) is 2.62. The van der Waals surface area contributed by atoms with Crippen molar-refractivity contribution >= 4 is 17.5 Å². The standard InChI is InChI=1S/C13H17ClN2O/c1-8-3-5-11(9(8)2)16-13(17)10-4-6-12(14)15-7-10/h4,6-9,11H,3,5H2,1-2H3,(H,16,17). The van der Waals surface area contributed by atoms with E-state index in [4.69, 9.17) is 11.6 Å². The molecule has 1 amide bonds. The molecule has 1 aliphatic carbocycles. The maximum absolute atomic E-state index is 12.0. The molecule has 3 unspecified atom stereocenters. The number of amides is 1. The Hall–Kier alpha value is -1.09. The van der Waals surface area contributed by atoms with Crippen molar-refractivity contribution in [3.63, 3.8) is 0 Å². The first-order valence-electron chi connectivity index (χ1n) is 6.00. The Labute approximate surface area is 107 Å². The topological polar surface area (TPSA) is 42.0 Å². The summed E-state index contributed by atoms with van der Waals surface area (Å²) in [5.74, 6) is 1.17. The van der Waals surface area contributed by atoms with Crippen molar-refractivity contribution in [3.05, 3.63) is 29.0 Å². The number of hydrogen-bond donors (Lipinski definition) is 1. The molecule has 1 N–H and O–H groups in total. The second-order valence-corrected chi connectivity index (χ2v) is 5.25. The molecular formula is C13H17ClN2O. The zero-order chi connectivity index (χ0) is 12.4. The predicted molar refractivity (Wildman–Crippen MR) is 68.1 cm³/mol. The van der Waals surface area contributed by atoms with Crippen molar-refractivity contribution in [1.82, 2.24) is 10.3 Å². The summed E-state index contributed by atoms with van der Waals surface area (Å²) in [5.41, 5.74) is 0.571. The van der Waals surface area contributed by atoms with Crippen molar-refractivity contribution < 1.29 is 4.79 Å². The van der Waals surface area contributed by atoms with Crippen LogP contribution in [0.2, 0.25) is 5.15 Å². The summed E-state index contributed by atoms with van der Waals surface area (Å²) in [6.45, 7) is 4.43. The van der Waals surface area contributed by atoms with Gasteiger partial charge in [-0.25, -0.2) is 4.98 Å². The number of nitrogens with zero attached hydrogens (tertiary/aromatic N) is 1. The molecule has 2 rings (SSSR count). The molecular weight excluding hydrogens is 236 g/mol. The van der Waals surface area contributed by atoms with Gasteiger partial charge >= 0.3 is 0 Å². The summed E-state index contributed by atoms with van der Waals surface area (Å²) in [4.78, 5) is 15.9. The molecule has 4 heteroatoms. The van der Waals surface area contributed by atoms with Gasteiger partial charge in [0.15, 0.2) is 0 Å². The van der Waals surface area contributed by atoms with Gasteiger partial charge in [0, 0.05) is 12.2 Å². The van der Waals surface area contributed by atoms with E-state index in [1.54, 1.807) is 12.1 Å². The molecule has 1 fully saturated rings. The minimum Gasteiger partial charge on any atom is -0.349 e. The Morgan fingerprint density at radius 1 is 1.41 bits per heavy atom. The maximum Gasteiger partial charge on any atom is 0.253 e. The number of aromatic nitrogens is 1. The Kier molecular flexibility index (Phi) is 3.67. The first kappa shape index (κ1) is 12.4. The molecule has 0 bridgehead atoms. The summed E-state index contributed by atoms with van der Waals surface area (Å²) >= 11 is 5.69. The van der Waals surface area contributed by atoms with Gasteiger partial charge in [-0.3, -0.25) is 4.79 Å². The molecule has 1 heterocycles. The third-order valence-corrected chi connectivity index (χ3v) is 3.99. The van der Waals surface area contributed by atoms with Crippen molar-refractivity contribution in [3.8, 4) is 0 Å². The molecule has 1 saturated carbocycles. The second kappa shape index (κ2) is 5.05. The number of rotatable bonds is 2. The van der Waals surface area contributed by atoms with E-state index in [0.29, 0.717) is 22.6 Å². The van der Waals surface area contributed by atoms with E-state index >= 15 is 0 Å². The van der Waals surface area contributed by atoms with Gasteiger partial charge in [-0.15, -0.1) is 0 Å². The maximum atomic E-state index is 12.0. The molecule has 92 valence electrons. The smallest absolute Gasteiger partial charge is 0.253 e. The van der Waals surface area contributed by atoms with Gasteiger partial charge in [0.1, 0.15) is 5.15 Å². The van der Waals surface area contributed by atoms with Gasteiger partial charge in [-0.2, -0.15) is 0 Å². The number of carbonyl (C=O) groups excluding carboxylic acids is 1. The number of halogens is 1. The van der Waals surface area contributed by atoms with Crippen LogP contribution in [0.4, 0.5) is 0 Å². The third-order valence-electron chi connectivity index (χ3n) is 3.77. The Balaban J connectivity index is 2.00. The lowest BCUT2D eigenvalue weighted by Gasteiger charge is -2.19. The van der Waals surface area contributed by atoms with Gasteiger partial charge in [-0.05, 0) is 36.8 Å². The van der Waals surface area contributed by atoms with E-state index in [9.17, 15) is 4.79 Å². The van der Waals surface area contributed by atoms with Crippen LogP contribution in [0.25, 0.3) is 0 Å². The third kappa shape index (κ3) is 2.78. The summed E-state index contributed by atoms with van der Waals surface area (Å²) in [5, 5.41) is 3.48. The van der Waals surface area contributed by atoms with Crippen LogP contribution in [0.3, 0.4) is 0 Å². The van der Waals surface area contributed by atoms with Crippen molar-refractivity contribution in [2.24, 2.45) is 11.8 Å². The fourth-order valence-electron chi connectivity index (χ4n) is 2.33.